The summed E-state index contributed by atoms with van der Waals surface area (Å²) < 4.78 is 13.2. The Bertz CT molecular complexity index is 764. The molecule has 0 radical (unpaired) electrons. The van der Waals surface area contributed by atoms with Gasteiger partial charge in [0.25, 0.3) is 5.91 Å². The number of amides is 2. The van der Waals surface area contributed by atoms with Crippen LogP contribution in [0.5, 0.6) is 0 Å². The molecule has 136 valence electrons. The van der Waals surface area contributed by atoms with E-state index < -0.39 is 0 Å². The Morgan fingerprint density at radius 2 is 1.77 bits per heavy atom. The van der Waals surface area contributed by atoms with Crippen LogP contribution in [0.25, 0.3) is 0 Å². The zero-order valence-corrected chi connectivity index (χ0v) is 14.7. The van der Waals surface area contributed by atoms with Crippen molar-refractivity contribution in [1.29, 1.82) is 0 Å². The number of halogens is 1. The molecule has 1 atom stereocenters. The molecule has 0 saturated carbocycles. The van der Waals surface area contributed by atoms with Crippen molar-refractivity contribution < 1.29 is 14.0 Å². The van der Waals surface area contributed by atoms with Crippen molar-refractivity contribution in [2.75, 3.05) is 33.2 Å². The number of nitrogens with one attached hydrogen (secondary N) is 1. The lowest BCUT2D eigenvalue weighted by Gasteiger charge is -2.39. The third-order valence-corrected chi connectivity index (χ3v) is 4.69. The first-order valence-electron chi connectivity index (χ1n) is 8.61. The summed E-state index contributed by atoms with van der Waals surface area (Å²) in [5.41, 5.74) is 1.50. The fourth-order valence-corrected chi connectivity index (χ4v) is 3.10. The molecule has 1 aliphatic heterocycles. The quantitative estimate of drug-likeness (QED) is 0.914. The van der Waals surface area contributed by atoms with E-state index in [4.69, 9.17) is 0 Å². The van der Waals surface area contributed by atoms with Crippen molar-refractivity contribution in [3.63, 3.8) is 0 Å². The minimum Gasteiger partial charge on any atom is -0.343 e. The van der Waals surface area contributed by atoms with Gasteiger partial charge in [-0.3, -0.25) is 14.5 Å². The van der Waals surface area contributed by atoms with Gasteiger partial charge < -0.3 is 10.2 Å². The Morgan fingerprint density at radius 1 is 1.08 bits per heavy atom. The van der Waals surface area contributed by atoms with Gasteiger partial charge >= 0.3 is 0 Å². The Morgan fingerprint density at radius 3 is 2.46 bits per heavy atom. The predicted octanol–water partition coefficient (Wildman–Crippen LogP) is 2.07. The van der Waals surface area contributed by atoms with E-state index in [1.54, 1.807) is 41.3 Å². The molecule has 1 fully saturated rings. The molecule has 1 heterocycles. The van der Waals surface area contributed by atoms with Crippen LogP contribution in [0.1, 0.15) is 22.0 Å². The molecule has 3 rings (SSSR count). The van der Waals surface area contributed by atoms with E-state index in [0.717, 1.165) is 12.1 Å². The number of hydrogen-bond acceptors (Lipinski definition) is 3. The maximum absolute atomic E-state index is 13.2. The molecule has 5 nitrogen and oxygen atoms in total. The van der Waals surface area contributed by atoms with E-state index in [-0.39, 0.29) is 30.2 Å². The SMILES string of the molecule is CN1CCN(C(=O)CNC(=O)c2ccccc2)CC1c1ccc(F)cc1. The monoisotopic (exact) mass is 355 g/mol. The van der Waals surface area contributed by atoms with E-state index in [1.807, 2.05) is 13.1 Å². The highest BCUT2D eigenvalue weighted by atomic mass is 19.1. The van der Waals surface area contributed by atoms with E-state index >= 15 is 0 Å². The normalized spacial score (nSPS) is 17.8. The summed E-state index contributed by atoms with van der Waals surface area (Å²) in [5.74, 6) is -0.651. The van der Waals surface area contributed by atoms with Crippen LogP contribution in [-0.4, -0.2) is 54.8 Å². The topological polar surface area (TPSA) is 52.6 Å². The number of rotatable bonds is 4. The van der Waals surface area contributed by atoms with Gasteiger partial charge in [0, 0.05) is 25.2 Å². The third kappa shape index (κ3) is 4.26. The lowest BCUT2D eigenvalue weighted by molar-refractivity contribution is -0.132. The number of benzene rings is 2. The van der Waals surface area contributed by atoms with Gasteiger partial charge in [-0.15, -0.1) is 0 Å². The average Bonchev–Trinajstić information content (AvgIpc) is 2.67. The van der Waals surface area contributed by atoms with Gasteiger partial charge in [-0.1, -0.05) is 30.3 Å². The standard InChI is InChI=1S/C20H22FN3O2/c1-23-11-12-24(14-18(23)15-7-9-17(21)10-8-15)19(25)13-22-20(26)16-5-3-2-4-6-16/h2-10,18H,11-14H2,1H3,(H,22,26). The summed E-state index contributed by atoms with van der Waals surface area (Å²) in [6.07, 6.45) is 0. The second-order valence-electron chi connectivity index (χ2n) is 6.44. The highest BCUT2D eigenvalue weighted by molar-refractivity contribution is 5.96. The number of piperazine rings is 1. The van der Waals surface area contributed by atoms with Crippen LogP contribution in [0.4, 0.5) is 4.39 Å². The Hall–Kier alpha value is -2.73. The van der Waals surface area contributed by atoms with Gasteiger partial charge in [-0.2, -0.15) is 0 Å². The van der Waals surface area contributed by atoms with Crippen molar-refractivity contribution in [3.8, 4) is 0 Å². The molecule has 6 heteroatoms. The lowest BCUT2D eigenvalue weighted by Crippen LogP contribution is -2.51. The Labute approximate surface area is 152 Å². The Balaban J connectivity index is 1.59. The van der Waals surface area contributed by atoms with Crippen LogP contribution in [0.15, 0.2) is 54.6 Å². The number of carbonyl (C=O) groups excluding carboxylic acids is 2. The molecule has 0 bridgehead atoms. The molecule has 2 aromatic rings. The highest BCUT2D eigenvalue weighted by Crippen LogP contribution is 2.24. The second kappa shape index (κ2) is 8.10. The van der Waals surface area contributed by atoms with Crippen molar-refractivity contribution in [2.24, 2.45) is 0 Å². The molecule has 1 aliphatic rings. The average molecular weight is 355 g/mol. The molecule has 2 amide bonds. The van der Waals surface area contributed by atoms with Gasteiger partial charge in [0.1, 0.15) is 5.82 Å². The smallest absolute Gasteiger partial charge is 0.251 e. The second-order valence-corrected chi connectivity index (χ2v) is 6.44. The maximum atomic E-state index is 13.2. The van der Waals surface area contributed by atoms with Gasteiger partial charge in [0.2, 0.25) is 5.91 Å². The third-order valence-electron chi connectivity index (χ3n) is 4.69. The fraction of sp³-hybridized carbons (Fsp3) is 0.300. The first-order chi connectivity index (χ1) is 12.5. The molecular formula is C20H22FN3O2. The fourth-order valence-electron chi connectivity index (χ4n) is 3.10. The number of nitrogens with zero attached hydrogens (tertiary/aromatic N) is 2. The van der Waals surface area contributed by atoms with Gasteiger partial charge in [-0.25, -0.2) is 4.39 Å². The summed E-state index contributed by atoms with van der Waals surface area (Å²) in [7, 11) is 1.99. The van der Waals surface area contributed by atoms with E-state index in [0.29, 0.717) is 18.7 Å². The van der Waals surface area contributed by atoms with Gasteiger partial charge in [0.05, 0.1) is 12.6 Å². The maximum Gasteiger partial charge on any atom is 0.251 e. The molecule has 0 spiro atoms. The van der Waals surface area contributed by atoms with E-state index in [1.165, 1.54) is 12.1 Å². The number of carbonyl (C=O) groups is 2. The van der Waals surface area contributed by atoms with Crippen LogP contribution in [-0.2, 0) is 4.79 Å². The molecule has 0 aromatic heterocycles. The first-order valence-corrected chi connectivity index (χ1v) is 8.61. The molecular weight excluding hydrogens is 333 g/mol. The summed E-state index contributed by atoms with van der Waals surface area (Å²) >= 11 is 0. The number of likely N-dealkylation sites (N-methyl/N-ethyl adjacent to an activating group) is 1. The lowest BCUT2D eigenvalue weighted by atomic mass is 10.0. The zero-order valence-electron chi connectivity index (χ0n) is 14.7. The van der Waals surface area contributed by atoms with Crippen molar-refractivity contribution in [3.05, 3.63) is 71.5 Å². The zero-order chi connectivity index (χ0) is 18.5. The minimum atomic E-state index is -0.274. The van der Waals surface area contributed by atoms with Crippen molar-refractivity contribution >= 4 is 11.8 Å². The highest BCUT2D eigenvalue weighted by Gasteiger charge is 2.28. The summed E-state index contributed by atoms with van der Waals surface area (Å²) in [6, 6.07) is 15.2. The van der Waals surface area contributed by atoms with E-state index in [2.05, 4.69) is 10.2 Å². The van der Waals surface area contributed by atoms with Crippen molar-refractivity contribution in [1.82, 2.24) is 15.1 Å². The predicted molar refractivity (Wildman–Crippen MR) is 97.1 cm³/mol. The summed E-state index contributed by atoms with van der Waals surface area (Å²) in [6.45, 7) is 1.81. The molecule has 1 saturated heterocycles. The van der Waals surface area contributed by atoms with Crippen LogP contribution < -0.4 is 5.32 Å². The van der Waals surface area contributed by atoms with Gasteiger partial charge in [-0.05, 0) is 36.9 Å². The van der Waals surface area contributed by atoms with Crippen LogP contribution in [0.2, 0.25) is 0 Å². The molecule has 0 aliphatic carbocycles. The molecule has 1 unspecified atom stereocenters. The first kappa shape index (κ1) is 18.1. The van der Waals surface area contributed by atoms with Gasteiger partial charge in [0.15, 0.2) is 0 Å². The summed E-state index contributed by atoms with van der Waals surface area (Å²) in [4.78, 5) is 28.5. The van der Waals surface area contributed by atoms with Crippen LogP contribution in [0, 0.1) is 5.82 Å². The largest absolute Gasteiger partial charge is 0.343 e. The van der Waals surface area contributed by atoms with Crippen LogP contribution >= 0.6 is 0 Å². The van der Waals surface area contributed by atoms with Crippen LogP contribution in [0.3, 0.4) is 0 Å². The number of hydrogen-bond donors (Lipinski definition) is 1. The molecule has 26 heavy (non-hydrogen) atoms. The summed E-state index contributed by atoms with van der Waals surface area (Å²) in [5, 5.41) is 2.68. The van der Waals surface area contributed by atoms with E-state index in [9.17, 15) is 14.0 Å². The molecule has 2 aromatic carbocycles. The van der Waals surface area contributed by atoms with Crippen molar-refractivity contribution in [2.45, 2.75) is 6.04 Å². The Kier molecular flexibility index (Phi) is 5.63. The minimum absolute atomic E-state index is 0.0122. The molecule has 1 N–H and O–H groups in total.